The van der Waals surface area contributed by atoms with E-state index < -0.39 is 0 Å². The van der Waals surface area contributed by atoms with Crippen LogP contribution in [0.1, 0.15) is 38.7 Å². The summed E-state index contributed by atoms with van der Waals surface area (Å²) in [7, 11) is 1.63. The Kier molecular flexibility index (Phi) is 8.04. The standard InChI is InChI=1S/C25H27N5O3S2/c1-16(2)30-23(17(3)33-20-12-10-19(32-4)11-13-20)28-29-25(30)35-15-22(31)27-24-26-21(14-34-24)18-8-6-5-7-9-18/h5-14,16-17H,15H2,1-4H3,(H,26,27,31). The summed E-state index contributed by atoms with van der Waals surface area (Å²) < 4.78 is 13.3. The van der Waals surface area contributed by atoms with Gasteiger partial charge in [-0.25, -0.2) is 4.98 Å². The maximum absolute atomic E-state index is 12.6. The Morgan fingerprint density at radius 2 is 1.77 bits per heavy atom. The molecular weight excluding hydrogens is 482 g/mol. The molecule has 0 bridgehead atoms. The molecule has 35 heavy (non-hydrogen) atoms. The fraction of sp³-hybridized carbons (Fsp3) is 0.280. The van der Waals surface area contributed by atoms with Gasteiger partial charge in [-0.2, -0.15) is 0 Å². The number of hydrogen-bond donors (Lipinski definition) is 1. The van der Waals surface area contributed by atoms with Crippen molar-refractivity contribution in [1.29, 1.82) is 0 Å². The highest BCUT2D eigenvalue weighted by Crippen LogP contribution is 2.29. The lowest BCUT2D eigenvalue weighted by Crippen LogP contribution is -2.16. The van der Waals surface area contributed by atoms with Gasteiger partial charge in [0.2, 0.25) is 5.91 Å². The third-order valence-corrected chi connectivity index (χ3v) is 6.80. The van der Waals surface area contributed by atoms with E-state index in [9.17, 15) is 4.79 Å². The second-order valence-corrected chi connectivity index (χ2v) is 9.78. The molecule has 2 aromatic heterocycles. The lowest BCUT2D eigenvalue weighted by molar-refractivity contribution is -0.113. The van der Waals surface area contributed by atoms with E-state index >= 15 is 0 Å². The Morgan fingerprint density at radius 1 is 1.06 bits per heavy atom. The minimum atomic E-state index is -0.326. The van der Waals surface area contributed by atoms with Crippen LogP contribution in [0, 0.1) is 0 Å². The van der Waals surface area contributed by atoms with Crippen LogP contribution in [-0.4, -0.2) is 38.5 Å². The maximum atomic E-state index is 12.6. The number of anilines is 1. The SMILES string of the molecule is COc1ccc(OC(C)c2nnc(SCC(=O)Nc3nc(-c4ccccc4)cs3)n2C(C)C)cc1. The molecule has 4 rings (SSSR count). The van der Waals surface area contributed by atoms with Crippen molar-refractivity contribution in [2.45, 2.75) is 38.1 Å². The van der Waals surface area contributed by atoms with E-state index in [-0.39, 0.29) is 23.8 Å². The fourth-order valence-electron chi connectivity index (χ4n) is 3.42. The average molecular weight is 510 g/mol. The summed E-state index contributed by atoms with van der Waals surface area (Å²) in [5.74, 6) is 2.22. The number of thiazole rings is 1. The topological polar surface area (TPSA) is 91.2 Å². The van der Waals surface area contributed by atoms with Gasteiger partial charge in [-0.05, 0) is 45.0 Å². The second-order valence-electron chi connectivity index (χ2n) is 7.98. The van der Waals surface area contributed by atoms with Crippen LogP contribution in [0.15, 0.2) is 65.1 Å². The Balaban J connectivity index is 1.38. The van der Waals surface area contributed by atoms with Crippen molar-refractivity contribution in [3.8, 4) is 22.8 Å². The minimum absolute atomic E-state index is 0.0971. The molecule has 8 nitrogen and oxygen atoms in total. The third-order valence-electron chi connectivity index (χ3n) is 5.10. The van der Waals surface area contributed by atoms with Crippen LogP contribution in [0.4, 0.5) is 5.13 Å². The van der Waals surface area contributed by atoms with Crippen molar-refractivity contribution in [1.82, 2.24) is 19.7 Å². The van der Waals surface area contributed by atoms with Crippen LogP contribution in [-0.2, 0) is 4.79 Å². The monoisotopic (exact) mass is 509 g/mol. The number of thioether (sulfide) groups is 1. The van der Waals surface area contributed by atoms with E-state index in [0.717, 1.165) is 17.0 Å². The molecule has 0 spiro atoms. The molecule has 1 N–H and O–H groups in total. The highest BCUT2D eigenvalue weighted by atomic mass is 32.2. The second kappa shape index (κ2) is 11.4. The van der Waals surface area contributed by atoms with Crippen molar-refractivity contribution >= 4 is 34.1 Å². The van der Waals surface area contributed by atoms with Gasteiger partial charge < -0.3 is 19.4 Å². The number of aromatic nitrogens is 4. The largest absolute Gasteiger partial charge is 0.497 e. The van der Waals surface area contributed by atoms with Crippen molar-refractivity contribution in [3.05, 3.63) is 65.8 Å². The highest BCUT2D eigenvalue weighted by molar-refractivity contribution is 7.99. The average Bonchev–Trinajstić information content (AvgIpc) is 3.51. The first-order chi connectivity index (χ1) is 16.9. The number of rotatable bonds is 10. The Labute approximate surface area is 212 Å². The minimum Gasteiger partial charge on any atom is -0.497 e. The summed E-state index contributed by atoms with van der Waals surface area (Å²) in [6.07, 6.45) is -0.326. The number of amides is 1. The smallest absolute Gasteiger partial charge is 0.236 e. The number of methoxy groups -OCH3 is 1. The first-order valence-corrected chi connectivity index (χ1v) is 13.0. The van der Waals surface area contributed by atoms with Crippen molar-refractivity contribution in [3.63, 3.8) is 0 Å². The van der Waals surface area contributed by atoms with Crippen LogP contribution in [0.5, 0.6) is 11.5 Å². The summed E-state index contributed by atoms with van der Waals surface area (Å²) in [4.78, 5) is 17.1. The molecule has 1 unspecified atom stereocenters. The Morgan fingerprint density at radius 3 is 2.46 bits per heavy atom. The van der Waals surface area contributed by atoms with Gasteiger partial charge in [0.1, 0.15) is 11.5 Å². The zero-order chi connectivity index (χ0) is 24.8. The molecule has 0 aliphatic carbocycles. The molecule has 2 aromatic carbocycles. The van der Waals surface area contributed by atoms with Crippen molar-refractivity contribution in [2.24, 2.45) is 0 Å². The van der Waals surface area contributed by atoms with Gasteiger partial charge in [-0.3, -0.25) is 4.79 Å². The van der Waals surface area contributed by atoms with Gasteiger partial charge in [-0.1, -0.05) is 42.1 Å². The first kappa shape index (κ1) is 24.7. The number of hydrogen-bond acceptors (Lipinski definition) is 8. The number of benzene rings is 2. The number of nitrogens with zero attached hydrogens (tertiary/aromatic N) is 4. The van der Waals surface area contributed by atoms with Crippen LogP contribution in [0.2, 0.25) is 0 Å². The molecule has 1 amide bonds. The van der Waals surface area contributed by atoms with E-state index in [0.29, 0.717) is 21.9 Å². The van der Waals surface area contributed by atoms with Gasteiger partial charge in [0.25, 0.3) is 0 Å². The molecule has 0 aliphatic rings. The summed E-state index contributed by atoms with van der Waals surface area (Å²) in [6.45, 7) is 6.04. The highest BCUT2D eigenvalue weighted by Gasteiger charge is 2.22. The van der Waals surface area contributed by atoms with Gasteiger partial charge in [-0.15, -0.1) is 21.5 Å². The van der Waals surface area contributed by atoms with Gasteiger partial charge >= 0.3 is 0 Å². The predicted octanol–water partition coefficient (Wildman–Crippen LogP) is 5.86. The zero-order valence-electron chi connectivity index (χ0n) is 20.0. The lowest BCUT2D eigenvalue weighted by atomic mass is 10.2. The molecule has 0 fully saturated rings. The number of nitrogens with one attached hydrogen (secondary N) is 1. The predicted molar refractivity (Wildman–Crippen MR) is 139 cm³/mol. The molecule has 182 valence electrons. The van der Waals surface area contributed by atoms with E-state index in [1.807, 2.05) is 71.5 Å². The number of carbonyl (C=O) groups excluding carboxylic acids is 1. The zero-order valence-corrected chi connectivity index (χ0v) is 21.6. The molecular formula is C25H27N5O3S2. The normalized spacial score (nSPS) is 11.9. The summed E-state index contributed by atoms with van der Waals surface area (Å²) >= 11 is 2.74. The molecule has 4 aromatic rings. The molecule has 1 atom stereocenters. The molecule has 0 radical (unpaired) electrons. The summed E-state index contributed by atoms with van der Waals surface area (Å²) in [5, 5.41) is 14.7. The van der Waals surface area contributed by atoms with Crippen LogP contribution >= 0.6 is 23.1 Å². The van der Waals surface area contributed by atoms with E-state index in [2.05, 4.69) is 34.3 Å². The summed E-state index contributed by atoms with van der Waals surface area (Å²) in [6, 6.07) is 17.4. The van der Waals surface area contributed by atoms with Crippen LogP contribution in [0.25, 0.3) is 11.3 Å². The van der Waals surface area contributed by atoms with Crippen molar-refractivity contribution in [2.75, 3.05) is 18.2 Å². The summed E-state index contributed by atoms with van der Waals surface area (Å²) in [5.41, 5.74) is 1.86. The van der Waals surface area contributed by atoms with Crippen LogP contribution in [0.3, 0.4) is 0 Å². The Bertz CT molecular complexity index is 1260. The molecule has 0 aliphatic heterocycles. The fourth-order valence-corrected chi connectivity index (χ4v) is 5.03. The molecule has 10 heteroatoms. The van der Waals surface area contributed by atoms with E-state index in [4.69, 9.17) is 9.47 Å². The van der Waals surface area contributed by atoms with E-state index in [1.165, 1.54) is 23.1 Å². The quantitative estimate of drug-likeness (QED) is 0.268. The molecule has 0 saturated carbocycles. The van der Waals surface area contributed by atoms with E-state index in [1.54, 1.807) is 7.11 Å². The molecule has 0 saturated heterocycles. The van der Waals surface area contributed by atoms with Gasteiger partial charge in [0, 0.05) is 17.0 Å². The lowest BCUT2D eigenvalue weighted by Gasteiger charge is -2.19. The Hall–Kier alpha value is -3.37. The van der Waals surface area contributed by atoms with Gasteiger partial charge in [0.15, 0.2) is 22.2 Å². The van der Waals surface area contributed by atoms with Crippen molar-refractivity contribution < 1.29 is 14.3 Å². The number of ether oxygens (including phenoxy) is 2. The third kappa shape index (κ3) is 6.20. The first-order valence-electron chi connectivity index (χ1n) is 11.1. The number of carbonyl (C=O) groups is 1. The van der Waals surface area contributed by atoms with Crippen LogP contribution < -0.4 is 14.8 Å². The van der Waals surface area contributed by atoms with Gasteiger partial charge in [0.05, 0.1) is 18.6 Å². The maximum Gasteiger partial charge on any atom is 0.236 e. The molecule has 2 heterocycles.